The molecule has 6 nitrogen and oxygen atoms in total. The van der Waals surface area contributed by atoms with E-state index in [1.807, 2.05) is 0 Å². The first-order valence-electron chi connectivity index (χ1n) is 10.3. The highest BCUT2D eigenvalue weighted by molar-refractivity contribution is 5.98. The van der Waals surface area contributed by atoms with Crippen LogP contribution in [0, 0.1) is 0 Å². The molecule has 0 aliphatic rings. The van der Waals surface area contributed by atoms with Gasteiger partial charge in [0, 0.05) is 10.8 Å². The average molecular weight is 502 g/mol. The molecule has 2 N–H and O–H groups in total. The number of anilines is 2. The Morgan fingerprint density at radius 3 is 1.25 bits per heavy atom. The monoisotopic (exact) mass is 502 g/mol. The number of benzene rings is 3. The number of nitrogens with zero attached hydrogens (tertiary/aromatic N) is 4. The van der Waals surface area contributed by atoms with Gasteiger partial charge in [0.25, 0.3) is 0 Å². The molecule has 0 saturated heterocycles. The molecule has 0 radical (unpaired) electrons. The first-order chi connectivity index (χ1) is 17.1. The second-order valence-electron chi connectivity index (χ2n) is 7.42. The van der Waals surface area contributed by atoms with Crippen LogP contribution in [0.15, 0.2) is 83.0 Å². The van der Waals surface area contributed by atoms with Crippen molar-refractivity contribution in [2.75, 3.05) is 10.9 Å². The summed E-state index contributed by atoms with van der Waals surface area (Å²) in [4.78, 5) is 0. The third-order valence-corrected chi connectivity index (χ3v) is 4.93. The first kappa shape index (κ1) is 24.6. The third-order valence-electron chi connectivity index (χ3n) is 4.93. The van der Waals surface area contributed by atoms with Gasteiger partial charge < -0.3 is 0 Å². The van der Waals surface area contributed by atoms with E-state index in [0.29, 0.717) is 33.5 Å². The lowest BCUT2D eigenvalue weighted by Gasteiger charge is -2.08. The minimum Gasteiger partial charge on any atom is -0.259 e. The van der Waals surface area contributed by atoms with Crippen LogP contribution in [-0.2, 0) is 12.4 Å². The van der Waals surface area contributed by atoms with Crippen LogP contribution >= 0.6 is 0 Å². The molecule has 0 bridgehead atoms. The average Bonchev–Trinajstić information content (AvgIpc) is 2.84. The summed E-state index contributed by atoms with van der Waals surface area (Å²) in [5, 5.41) is 17.4. The van der Waals surface area contributed by atoms with Crippen LogP contribution in [0.4, 0.5) is 38.0 Å². The number of hydrazone groups is 2. The predicted octanol–water partition coefficient (Wildman–Crippen LogP) is 6.56. The lowest BCUT2D eigenvalue weighted by Crippen LogP contribution is -2.04. The summed E-state index contributed by atoms with van der Waals surface area (Å²) in [6, 6.07) is 16.1. The number of rotatable bonds is 6. The van der Waals surface area contributed by atoms with Crippen molar-refractivity contribution in [3.8, 4) is 0 Å². The molecule has 0 atom stereocenters. The SMILES string of the molecule is FC(F)(F)c1ccc(/C=N\Nc2nnc(N/N=C\c3ccc(C(F)(F)F)cc3)c3ccccc23)cc1. The van der Waals surface area contributed by atoms with Crippen LogP contribution in [0.1, 0.15) is 22.3 Å². The maximum Gasteiger partial charge on any atom is 0.416 e. The maximum atomic E-state index is 12.7. The summed E-state index contributed by atoms with van der Waals surface area (Å²) in [5.74, 6) is 0.595. The number of halogens is 6. The molecular weight excluding hydrogens is 486 g/mol. The van der Waals surface area contributed by atoms with Crippen molar-refractivity contribution in [2.45, 2.75) is 12.4 Å². The fourth-order valence-corrected chi connectivity index (χ4v) is 3.12. The number of fused-ring (bicyclic) bond motifs is 1. The molecule has 12 heteroatoms. The predicted molar refractivity (Wildman–Crippen MR) is 125 cm³/mol. The van der Waals surface area contributed by atoms with E-state index >= 15 is 0 Å². The normalized spacial score (nSPS) is 12.5. The molecule has 0 aliphatic carbocycles. The van der Waals surface area contributed by atoms with Crippen molar-refractivity contribution >= 4 is 34.8 Å². The summed E-state index contributed by atoms with van der Waals surface area (Å²) in [7, 11) is 0. The summed E-state index contributed by atoms with van der Waals surface area (Å²) < 4.78 is 76.1. The van der Waals surface area contributed by atoms with E-state index in [1.54, 1.807) is 24.3 Å². The van der Waals surface area contributed by atoms with Gasteiger partial charge >= 0.3 is 12.4 Å². The number of alkyl halides is 6. The molecule has 1 heterocycles. The summed E-state index contributed by atoms with van der Waals surface area (Å²) in [6.07, 6.45) is -6.14. The van der Waals surface area contributed by atoms with Gasteiger partial charge in [-0.15, -0.1) is 10.2 Å². The van der Waals surface area contributed by atoms with Crippen LogP contribution in [0.5, 0.6) is 0 Å². The van der Waals surface area contributed by atoms with E-state index in [9.17, 15) is 26.3 Å². The Hall–Kier alpha value is -4.48. The molecule has 1 aromatic heterocycles. The lowest BCUT2D eigenvalue weighted by atomic mass is 10.1. The van der Waals surface area contributed by atoms with Crippen molar-refractivity contribution in [1.82, 2.24) is 10.2 Å². The van der Waals surface area contributed by atoms with Crippen molar-refractivity contribution in [3.63, 3.8) is 0 Å². The van der Waals surface area contributed by atoms with Gasteiger partial charge in [0.1, 0.15) is 0 Å². The van der Waals surface area contributed by atoms with Gasteiger partial charge in [0.05, 0.1) is 23.6 Å². The fourth-order valence-electron chi connectivity index (χ4n) is 3.12. The van der Waals surface area contributed by atoms with Crippen molar-refractivity contribution in [3.05, 3.63) is 95.1 Å². The Labute approximate surface area is 200 Å². The summed E-state index contributed by atoms with van der Waals surface area (Å²) in [5.41, 5.74) is 4.83. The van der Waals surface area contributed by atoms with E-state index < -0.39 is 23.5 Å². The van der Waals surface area contributed by atoms with E-state index in [2.05, 4.69) is 31.3 Å². The number of aromatic nitrogens is 2. The van der Waals surface area contributed by atoms with Gasteiger partial charge in [-0.05, 0) is 35.4 Å². The topological polar surface area (TPSA) is 74.6 Å². The van der Waals surface area contributed by atoms with E-state index in [0.717, 1.165) is 24.3 Å². The van der Waals surface area contributed by atoms with Gasteiger partial charge in [0.2, 0.25) is 0 Å². The Morgan fingerprint density at radius 2 is 0.917 bits per heavy atom. The first-order valence-corrected chi connectivity index (χ1v) is 10.3. The highest BCUT2D eigenvalue weighted by atomic mass is 19.4. The van der Waals surface area contributed by atoms with E-state index in [-0.39, 0.29) is 0 Å². The Morgan fingerprint density at radius 1 is 0.556 bits per heavy atom. The minimum absolute atomic E-state index is 0.297. The molecule has 4 aromatic rings. The van der Waals surface area contributed by atoms with Crippen molar-refractivity contribution in [2.24, 2.45) is 10.2 Å². The molecule has 0 unspecified atom stereocenters. The lowest BCUT2D eigenvalue weighted by molar-refractivity contribution is -0.138. The zero-order valence-corrected chi connectivity index (χ0v) is 18.1. The number of hydrogen-bond acceptors (Lipinski definition) is 6. The fraction of sp³-hybridized carbons (Fsp3) is 0.0833. The molecular formula is C24H16F6N6. The molecule has 0 amide bonds. The molecule has 3 aromatic carbocycles. The van der Waals surface area contributed by atoms with E-state index in [4.69, 9.17) is 0 Å². The molecule has 36 heavy (non-hydrogen) atoms. The van der Waals surface area contributed by atoms with E-state index in [1.165, 1.54) is 36.7 Å². The molecule has 0 fully saturated rings. The Kier molecular flexibility index (Phi) is 6.86. The van der Waals surface area contributed by atoms with Crippen LogP contribution in [-0.4, -0.2) is 22.6 Å². The van der Waals surface area contributed by atoms with Crippen molar-refractivity contribution in [1.29, 1.82) is 0 Å². The smallest absolute Gasteiger partial charge is 0.259 e. The second kappa shape index (κ2) is 10.0. The number of hydrogen-bond donors (Lipinski definition) is 2. The van der Waals surface area contributed by atoms with Crippen LogP contribution < -0.4 is 10.9 Å². The van der Waals surface area contributed by atoms with Gasteiger partial charge in [-0.2, -0.15) is 36.5 Å². The van der Waals surface area contributed by atoms with Crippen LogP contribution in [0.2, 0.25) is 0 Å². The highest BCUT2D eigenvalue weighted by Crippen LogP contribution is 2.30. The maximum absolute atomic E-state index is 12.7. The third kappa shape index (κ3) is 5.95. The minimum atomic E-state index is -4.42. The molecule has 4 rings (SSSR count). The standard InChI is InChI=1S/C24H16F6N6/c25-23(26,27)17-9-5-15(6-10-17)13-31-33-21-19-3-1-2-4-20(19)22(36-35-21)34-32-14-16-7-11-18(12-8-16)24(28,29)30/h1-14H,(H,33,35)(H,34,36)/b31-13-,32-14-. The number of nitrogens with one attached hydrogen (secondary N) is 2. The molecule has 0 aliphatic heterocycles. The Balaban J connectivity index is 1.47. The van der Waals surface area contributed by atoms with Gasteiger partial charge in [-0.25, -0.2) is 0 Å². The Bertz CT molecular complexity index is 1290. The largest absolute Gasteiger partial charge is 0.416 e. The van der Waals surface area contributed by atoms with Crippen LogP contribution in [0.25, 0.3) is 10.8 Å². The molecule has 184 valence electrons. The van der Waals surface area contributed by atoms with Gasteiger partial charge in [0.15, 0.2) is 11.6 Å². The molecule has 0 spiro atoms. The van der Waals surface area contributed by atoms with Crippen LogP contribution in [0.3, 0.4) is 0 Å². The van der Waals surface area contributed by atoms with Gasteiger partial charge in [-0.1, -0.05) is 48.5 Å². The summed E-state index contributed by atoms with van der Waals surface area (Å²) >= 11 is 0. The van der Waals surface area contributed by atoms with Gasteiger partial charge in [-0.3, -0.25) is 10.9 Å². The molecule has 0 saturated carbocycles. The zero-order valence-electron chi connectivity index (χ0n) is 18.1. The summed E-state index contributed by atoms with van der Waals surface area (Å²) in [6.45, 7) is 0. The highest BCUT2D eigenvalue weighted by Gasteiger charge is 2.30. The van der Waals surface area contributed by atoms with Crippen molar-refractivity contribution < 1.29 is 26.3 Å². The quantitative estimate of drug-likeness (QED) is 0.178. The second-order valence-corrected chi connectivity index (χ2v) is 7.42. The zero-order chi connectivity index (χ0) is 25.8.